The number of hydrogen-bond acceptors (Lipinski definition) is 7. The molecule has 9 heteroatoms. The number of benzene rings is 2. The van der Waals surface area contributed by atoms with Crippen molar-refractivity contribution in [1.29, 1.82) is 0 Å². The summed E-state index contributed by atoms with van der Waals surface area (Å²) >= 11 is 0. The third-order valence-corrected chi connectivity index (χ3v) is 8.40. The predicted octanol–water partition coefficient (Wildman–Crippen LogP) is 7.78. The van der Waals surface area contributed by atoms with E-state index in [-0.39, 0.29) is 47.0 Å². The van der Waals surface area contributed by atoms with Gasteiger partial charge in [-0.05, 0) is 48.3 Å². The molecule has 0 spiro atoms. The summed E-state index contributed by atoms with van der Waals surface area (Å²) < 4.78 is 31.6. The zero-order valence-electron chi connectivity index (χ0n) is 22.4. The summed E-state index contributed by atoms with van der Waals surface area (Å²) in [7, 11) is -4.04. The van der Waals surface area contributed by atoms with Crippen molar-refractivity contribution in [3.8, 4) is 5.75 Å². The number of unbranched alkanes of at least 4 members (excludes halogenated alkanes) is 2. The van der Waals surface area contributed by atoms with Crippen molar-refractivity contribution in [1.82, 2.24) is 5.06 Å². The highest BCUT2D eigenvalue weighted by Crippen LogP contribution is 2.51. The van der Waals surface area contributed by atoms with E-state index in [1.165, 1.54) is 6.07 Å². The second kappa shape index (κ2) is 13.5. The molecule has 1 aliphatic rings. The van der Waals surface area contributed by atoms with Crippen LogP contribution in [0.1, 0.15) is 99.8 Å². The van der Waals surface area contributed by atoms with Gasteiger partial charge in [0.25, 0.3) is 11.8 Å². The van der Waals surface area contributed by atoms with E-state index in [1.54, 1.807) is 24.3 Å². The lowest BCUT2D eigenvalue weighted by atomic mass is 9.95. The Morgan fingerprint density at radius 3 is 1.97 bits per heavy atom. The number of phosphoric acid groups is 1. The Balaban J connectivity index is 1.91. The summed E-state index contributed by atoms with van der Waals surface area (Å²) in [5, 5.41) is 11.1. The van der Waals surface area contributed by atoms with Crippen molar-refractivity contribution in [2.75, 3.05) is 13.2 Å². The number of hydrogen-bond donors (Lipinski definition) is 1. The molecule has 2 aromatic rings. The fraction of sp³-hybridized carbons (Fsp3) is 0.571. The van der Waals surface area contributed by atoms with Crippen LogP contribution in [0.15, 0.2) is 30.3 Å². The summed E-state index contributed by atoms with van der Waals surface area (Å²) in [6.07, 6.45) is 7.92. The number of rotatable bonds is 16. The Hall–Kier alpha value is -2.25. The van der Waals surface area contributed by atoms with Crippen LogP contribution in [0.3, 0.4) is 0 Å². The lowest BCUT2D eigenvalue weighted by molar-refractivity contribution is -0.0377. The monoisotopic (exact) mass is 533 g/mol. The molecule has 0 saturated heterocycles. The topological polar surface area (TPSA) is 102 Å². The van der Waals surface area contributed by atoms with Crippen LogP contribution in [0.5, 0.6) is 5.75 Å². The van der Waals surface area contributed by atoms with Gasteiger partial charge in [-0.15, -0.1) is 5.06 Å². The molecule has 1 heterocycles. The normalized spacial score (nSPS) is 16.6. The highest BCUT2D eigenvalue weighted by molar-refractivity contribution is 7.48. The molecule has 3 rings (SSSR count). The van der Waals surface area contributed by atoms with Crippen LogP contribution >= 0.6 is 7.82 Å². The fourth-order valence-electron chi connectivity index (χ4n) is 4.53. The summed E-state index contributed by atoms with van der Waals surface area (Å²) in [6, 6.07) is 7.91. The lowest BCUT2D eigenvalue weighted by Crippen LogP contribution is -2.37. The zero-order chi connectivity index (χ0) is 27.0. The van der Waals surface area contributed by atoms with E-state index in [0.29, 0.717) is 10.8 Å². The molecule has 2 atom stereocenters. The van der Waals surface area contributed by atoms with Crippen molar-refractivity contribution >= 4 is 30.4 Å². The van der Waals surface area contributed by atoms with Crippen molar-refractivity contribution in [3.05, 3.63) is 41.5 Å². The molecule has 0 bridgehead atoms. The predicted molar refractivity (Wildman–Crippen MR) is 143 cm³/mol. The number of nitrogens with zero attached hydrogens (tertiary/aromatic N) is 1. The van der Waals surface area contributed by atoms with Gasteiger partial charge in [-0.1, -0.05) is 78.4 Å². The third-order valence-electron chi connectivity index (χ3n) is 7.04. The Labute approximate surface area is 219 Å². The molecular weight excluding hydrogens is 493 g/mol. The largest absolute Gasteiger partial charge is 0.530 e. The van der Waals surface area contributed by atoms with Gasteiger partial charge < -0.3 is 4.52 Å². The molecule has 0 radical (unpaired) electrons. The van der Waals surface area contributed by atoms with E-state index < -0.39 is 19.6 Å². The Bertz CT molecular complexity index is 1110. The lowest BCUT2D eigenvalue weighted by Gasteiger charge is -2.25. The third kappa shape index (κ3) is 7.20. The first-order valence-corrected chi connectivity index (χ1v) is 15.0. The van der Waals surface area contributed by atoms with Crippen LogP contribution in [0.4, 0.5) is 0 Å². The summed E-state index contributed by atoms with van der Waals surface area (Å²) in [6.45, 7) is 8.89. The summed E-state index contributed by atoms with van der Waals surface area (Å²) in [5.74, 6) is -1.10. The van der Waals surface area contributed by atoms with Gasteiger partial charge in [-0.3, -0.25) is 23.8 Å². The SMILES string of the molecule is CCCCC(CC)COP(=O)(OCC(CC)CCCC)Oc1cc2c3c(cccc3c1)C(=O)N(O)C2=O. The van der Waals surface area contributed by atoms with Crippen molar-refractivity contribution in [2.45, 2.75) is 79.1 Å². The Morgan fingerprint density at radius 1 is 0.865 bits per heavy atom. The number of imide groups is 1. The summed E-state index contributed by atoms with van der Waals surface area (Å²) in [4.78, 5) is 25.1. The van der Waals surface area contributed by atoms with Crippen LogP contribution < -0.4 is 4.52 Å². The van der Waals surface area contributed by atoms with Crippen LogP contribution in [-0.2, 0) is 13.6 Å². The maximum absolute atomic E-state index is 13.9. The first-order valence-electron chi connectivity index (χ1n) is 13.5. The van der Waals surface area contributed by atoms with E-state index in [9.17, 15) is 19.4 Å². The number of phosphoric ester groups is 1. The molecule has 2 amide bonds. The molecular formula is C28H40NO7P. The van der Waals surface area contributed by atoms with Crippen LogP contribution in [0, 0.1) is 11.8 Å². The fourth-order valence-corrected chi connectivity index (χ4v) is 5.86. The van der Waals surface area contributed by atoms with Gasteiger partial charge in [0, 0.05) is 5.39 Å². The van der Waals surface area contributed by atoms with Crippen LogP contribution in [-0.4, -0.2) is 35.3 Å². The summed E-state index contributed by atoms with van der Waals surface area (Å²) in [5.41, 5.74) is 0.292. The molecule has 204 valence electrons. The molecule has 0 fully saturated rings. The van der Waals surface area contributed by atoms with E-state index in [4.69, 9.17) is 13.6 Å². The second-order valence-corrected chi connectivity index (χ2v) is 11.4. The average molecular weight is 534 g/mol. The van der Waals surface area contributed by atoms with Crippen molar-refractivity contribution in [2.24, 2.45) is 11.8 Å². The smallest absolute Gasteiger partial charge is 0.404 e. The molecule has 0 saturated carbocycles. The minimum atomic E-state index is -4.04. The number of carbonyl (C=O) groups excluding carboxylic acids is 2. The molecule has 37 heavy (non-hydrogen) atoms. The average Bonchev–Trinajstić information content (AvgIpc) is 2.90. The zero-order valence-corrected chi connectivity index (χ0v) is 23.3. The molecule has 1 aliphatic heterocycles. The van der Waals surface area contributed by atoms with Gasteiger partial charge in [0.15, 0.2) is 0 Å². The van der Waals surface area contributed by atoms with Crippen LogP contribution in [0.25, 0.3) is 10.8 Å². The Kier molecular flexibility index (Phi) is 10.7. The van der Waals surface area contributed by atoms with Gasteiger partial charge >= 0.3 is 7.82 Å². The van der Waals surface area contributed by atoms with Crippen molar-refractivity contribution in [3.63, 3.8) is 0 Å². The maximum atomic E-state index is 13.9. The van der Waals surface area contributed by atoms with E-state index in [0.717, 1.165) is 51.4 Å². The first kappa shape index (κ1) is 29.3. The Morgan fingerprint density at radius 2 is 1.43 bits per heavy atom. The van der Waals surface area contributed by atoms with Gasteiger partial charge in [-0.2, -0.15) is 0 Å². The molecule has 0 aliphatic carbocycles. The van der Waals surface area contributed by atoms with Gasteiger partial charge in [0.05, 0.1) is 24.3 Å². The highest BCUT2D eigenvalue weighted by Gasteiger charge is 2.35. The standard InChI is InChI=1S/C28H40NO7P/c1-5-9-12-20(7-3)18-34-37(33,35-19-21(8-4)13-10-6-2)36-23-16-22-14-11-15-24-26(22)25(17-23)28(31)29(32)27(24)30/h11,14-17,20-21,32H,5-10,12-13,18-19H2,1-4H3. The van der Waals surface area contributed by atoms with E-state index in [2.05, 4.69) is 27.7 Å². The van der Waals surface area contributed by atoms with Gasteiger partial charge in [0.1, 0.15) is 5.75 Å². The van der Waals surface area contributed by atoms with Gasteiger partial charge in [-0.25, -0.2) is 4.57 Å². The minimum absolute atomic E-state index is 0.0838. The number of hydroxylamine groups is 2. The first-order chi connectivity index (χ1) is 17.8. The molecule has 0 aromatic heterocycles. The molecule has 1 N–H and O–H groups in total. The van der Waals surface area contributed by atoms with E-state index >= 15 is 0 Å². The highest BCUT2D eigenvalue weighted by atomic mass is 31.2. The molecule has 2 aromatic carbocycles. The quantitative estimate of drug-likeness (QED) is 0.133. The molecule has 8 nitrogen and oxygen atoms in total. The minimum Gasteiger partial charge on any atom is -0.404 e. The van der Waals surface area contributed by atoms with Crippen molar-refractivity contribution < 1.29 is 32.9 Å². The van der Waals surface area contributed by atoms with E-state index in [1.807, 2.05) is 0 Å². The maximum Gasteiger partial charge on any atom is 0.530 e. The number of carbonyl (C=O) groups is 2. The van der Waals surface area contributed by atoms with Crippen LogP contribution in [0.2, 0.25) is 0 Å². The molecule has 2 unspecified atom stereocenters. The second-order valence-electron chi connectivity index (χ2n) is 9.76. The number of amides is 2. The van der Waals surface area contributed by atoms with Gasteiger partial charge in [0.2, 0.25) is 0 Å².